The maximum atomic E-state index is 5.84. The number of fused-ring (bicyclic) bond motifs is 1. The monoisotopic (exact) mass is 377 g/mol. The fourth-order valence-corrected chi connectivity index (χ4v) is 3.60. The standard InChI is InChI=1S/C16H23N5O2SSi/c1-25(2,3)8-7-22-11-21-14-12(9-18-21)5-4-6-13(14)10-23-16-20-19-15(17)24-16/h4-6,9H,7-8,10-11H2,1-3H3,(H2,17,19). The van der Waals surface area contributed by atoms with Gasteiger partial charge in [-0.15, -0.1) is 5.10 Å². The van der Waals surface area contributed by atoms with Crippen molar-refractivity contribution < 1.29 is 9.47 Å². The number of ether oxygens (including phenoxy) is 2. The molecule has 0 saturated carbocycles. The van der Waals surface area contributed by atoms with Crippen molar-refractivity contribution in [1.82, 2.24) is 20.0 Å². The first-order chi connectivity index (χ1) is 11.9. The Hall–Kier alpha value is -1.97. The third-order valence-electron chi connectivity index (χ3n) is 3.73. The van der Waals surface area contributed by atoms with Gasteiger partial charge in [0.2, 0.25) is 5.13 Å². The first-order valence-electron chi connectivity index (χ1n) is 8.15. The quantitative estimate of drug-likeness (QED) is 0.478. The van der Waals surface area contributed by atoms with Gasteiger partial charge in [-0.25, -0.2) is 4.68 Å². The second-order valence-electron chi connectivity index (χ2n) is 7.04. The van der Waals surface area contributed by atoms with Gasteiger partial charge in [0.15, 0.2) is 0 Å². The highest BCUT2D eigenvalue weighted by molar-refractivity contribution is 7.16. The lowest BCUT2D eigenvalue weighted by Gasteiger charge is -2.15. The third kappa shape index (κ3) is 4.77. The van der Waals surface area contributed by atoms with E-state index in [0.29, 0.717) is 23.7 Å². The molecule has 3 aromatic rings. The Labute approximate surface area is 151 Å². The van der Waals surface area contributed by atoms with Gasteiger partial charge >= 0.3 is 0 Å². The molecule has 2 N–H and O–H groups in total. The molecule has 0 spiro atoms. The lowest BCUT2D eigenvalue weighted by molar-refractivity contribution is 0.0815. The molecule has 0 aliphatic carbocycles. The summed E-state index contributed by atoms with van der Waals surface area (Å²) in [4.78, 5) is 0. The molecule has 0 aliphatic rings. The van der Waals surface area contributed by atoms with Gasteiger partial charge in [-0.1, -0.05) is 42.9 Å². The van der Waals surface area contributed by atoms with Crippen molar-refractivity contribution in [3.8, 4) is 5.19 Å². The summed E-state index contributed by atoms with van der Waals surface area (Å²) in [5.41, 5.74) is 7.63. The summed E-state index contributed by atoms with van der Waals surface area (Å²) in [6.07, 6.45) is 1.85. The Balaban J connectivity index is 1.69. The number of benzene rings is 1. The van der Waals surface area contributed by atoms with E-state index in [9.17, 15) is 0 Å². The highest BCUT2D eigenvalue weighted by atomic mass is 32.1. The number of anilines is 1. The minimum absolute atomic E-state index is 0.382. The summed E-state index contributed by atoms with van der Waals surface area (Å²) in [7, 11) is -1.09. The molecular weight excluding hydrogens is 354 g/mol. The highest BCUT2D eigenvalue weighted by Crippen LogP contribution is 2.23. The Morgan fingerprint density at radius 1 is 1.24 bits per heavy atom. The van der Waals surface area contributed by atoms with E-state index in [1.54, 1.807) is 0 Å². The number of nitrogens with zero attached hydrogens (tertiary/aromatic N) is 4. The first-order valence-corrected chi connectivity index (χ1v) is 12.7. The van der Waals surface area contributed by atoms with Crippen LogP contribution in [0.3, 0.4) is 0 Å². The van der Waals surface area contributed by atoms with Crippen molar-refractivity contribution in [3.63, 3.8) is 0 Å². The van der Waals surface area contributed by atoms with Gasteiger partial charge < -0.3 is 15.2 Å². The average molecular weight is 378 g/mol. The topological polar surface area (TPSA) is 88.1 Å². The zero-order valence-corrected chi connectivity index (χ0v) is 16.5. The number of para-hydroxylation sites is 1. The second-order valence-corrected chi connectivity index (χ2v) is 13.6. The van der Waals surface area contributed by atoms with Crippen LogP contribution in [0.5, 0.6) is 5.19 Å². The van der Waals surface area contributed by atoms with Crippen LogP contribution in [0.4, 0.5) is 5.13 Å². The van der Waals surface area contributed by atoms with Crippen molar-refractivity contribution >= 4 is 35.4 Å². The van der Waals surface area contributed by atoms with Crippen LogP contribution in [0.25, 0.3) is 10.9 Å². The van der Waals surface area contributed by atoms with Gasteiger partial charge in [0.25, 0.3) is 5.19 Å². The summed E-state index contributed by atoms with van der Waals surface area (Å²) in [6, 6.07) is 7.19. The molecule has 0 atom stereocenters. The summed E-state index contributed by atoms with van der Waals surface area (Å²) < 4.78 is 13.4. The number of rotatable bonds is 8. The smallest absolute Gasteiger partial charge is 0.296 e. The van der Waals surface area contributed by atoms with Gasteiger partial charge in [0, 0.05) is 25.6 Å². The van der Waals surface area contributed by atoms with E-state index >= 15 is 0 Å². The largest absolute Gasteiger partial charge is 0.464 e. The predicted molar refractivity (Wildman–Crippen MR) is 102 cm³/mol. The zero-order valence-electron chi connectivity index (χ0n) is 14.7. The summed E-state index contributed by atoms with van der Waals surface area (Å²) >= 11 is 1.23. The van der Waals surface area contributed by atoms with Gasteiger partial charge in [-0.3, -0.25) is 0 Å². The summed E-state index contributed by atoms with van der Waals surface area (Å²) in [6.45, 7) is 8.61. The van der Waals surface area contributed by atoms with Gasteiger partial charge in [-0.05, 0) is 17.4 Å². The molecule has 0 saturated heterocycles. The van der Waals surface area contributed by atoms with E-state index in [1.807, 2.05) is 29.1 Å². The van der Waals surface area contributed by atoms with Crippen LogP contribution in [-0.4, -0.2) is 34.7 Å². The lowest BCUT2D eigenvalue weighted by atomic mass is 10.1. The maximum Gasteiger partial charge on any atom is 0.296 e. The Morgan fingerprint density at radius 2 is 2.08 bits per heavy atom. The summed E-state index contributed by atoms with van der Waals surface area (Å²) in [5, 5.41) is 14.0. The maximum absolute atomic E-state index is 5.84. The molecule has 7 nitrogen and oxygen atoms in total. The molecule has 9 heteroatoms. The van der Waals surface area contributed by atoms with Crippen molar-refractivity contribution in [1.29, 1.82) is 0 Å². The number of nitrogens with two attached hydrogens (primary N) is 1. The number of aromatic nitrogens is 4. The Bertz CT molecular complexity index is 843. The van der Waals surface area contributed by atoms with Gasteiger partial charge in [0.1, 0.15) is 13.3 Å². The van der Waals surface area contributed by atoms with Gasteiger partial charge in [-0.2, -0.15) is 5.10 Å². The van der Waals surface area contributed by atoms with Crippen LogP contribution < -0.4 is 10.5 Å². The van der Waals surface area contributed by atoms with Gasteiger partial charge in [0.05, 0.1) is 11.7 Å². The fraction of sp³-hybridized carbons (Fsp3) is 0.438. The molecule has 0 radical (unpaired) electrons. The van der Waals surface area contributed by atoms with Crippen molar-refractivity contribution in [2.75, 3.05) is 12.3 Å². The minimum Gasteiger partial charge on any atom is -0.464 e. The van der Waals surface area contributed by atoms with Crippen LogP contribution >= 0.6 is 11.3 Å². The van der Waals surface area contributed by atoms with Crippen molar-refractivity contribution in [2.45, 2.75) is 39.0 Å². The van der Waals surface area contributed by atoms with Crippen LogP contribution in [0.2, 0.25) is 25.7 Å². The third-order valence-corrected chi connectivity index (χ3v) is 6.10. The van der Waals surface area contributed by atoms with E-state index in [0.717, 1.165) is 29.1 Å². The molecule has 1 aromatic carbocycles. The number of hydrogen-bond donors (Lipinski definition) is 1. The van der Waals surface area contributed by atoms with Crippen LogP contribution in [0, 0.1) is 0 Å². The van der Waals surface area contributed by atoms with Crippen LogP contribution in [-0.2, 0) is 18.1 Å². The molecule has 2 heterocycles. The molecule has 0 fully saturated rings. The molecular formula is C16H23N5O2SSi. The van der Waals surface area contributed by atoms with E-state index in [1.165, 1.54) is 11.3 Å². The average Bonchev–Trinajstić information content (AvgIpc) is 3.15. The number of nitrogen functional groups attached to an aromatic ring is 1. The van der Waals surface area contributed by atoms with Crippen LogP contribution in [0.1, 0.15) is 5.56 Å². The molecule has 0 amide bonds. The SMILES string of the molecule is C[Si](C)(C)CCOCn1ncc2cccc(COc3nnc(N)s3)c21. The molecule has 0 unspecified atom stereocenters. The normalized spacial score (nSPS) is 12.0. The van der Waals surface area contributed by atoms with Crippen LogP contribution in [0.15, 0.2) is 24.4 Å². The lowest BCUT2D eigenvalue weighted by Crippen LogP contribution is -2.22. The second kappa shape index (κ2) is 7.50. The van der Waals surface area contributed by atoms with Crippen molar-refractivity contribution in [3.05, 3.63) is 30.0 Å². The molecule has 2 aromatic heterocycles. The number of hydrogen-bond acceptors (Lipinski definition) is 7. The summed E-state index contributed by atoms with van der Waals surface area (Å²) in [5.74, 6) is 0. The fourth-order valence-electron chi connectivity index (χ4n) is 2.38. The van der Waals surface area contributed by atoms with Crippen molar-refractivity contribution in [2.24, 2.45) is 0 Å². The molecule has 25 heavy (non-hydrogen) atoms. The highest BCUT2D eigenvalue weighted by Gasteiger charge is 2.13. The molecule has 0 bridgehead atoms. The molecule has 0 aliphatic heterocycles. The predicted octanol–water partition coefficient (Wildman–Crippen LogP) is 3.36. The first kappa shape index (κ1) is 17.8. The Kier molecular flexibility index (Phi) is 5.35. The van der Waals surface area contributed by atoms with E-state index in [4.69, 9.17) is 15.2 Å². The van der Waals surface area contributed by atoms with E-state index in [-0.39, 0.29) is 0 Å². The van der Waals surface area contributed by atoms with E-state index < -0.39 is 8.07 Å². The minimum atomic E-state index is -1.09. The zero-order chi connectivity index (χ0) is 17.9. The Morgan fingerprint density at radius 3 is 2.80 bits per heavy atom. The van der Waals surface area contributed by atoms with E-state index in [2.05, 4.69) is 34.9 Å². The molecule has 3 rings (SSSR count). The molecule has 134 valence electrons.